The van der Waals surface area contributed by atoms with Crippen LogP contribution in [-0.2, 0) is 15.1 Å². The van der Waals surface area contributed by atoms with Crippen LogP contribution in [0.4, 0.5) is 19.3 Å². The zero-order chi connectivity index (χ0) is 21.2. The maximum atomic E-state index is 13.3. The van der Waals surface area contributed by atoms with Crippen molar-refractivity contribution in [1.29, 1.82) is 0 Å². The van der Waals surface area contributed by atoms with Crippen molar-refractivity contribution in [1.82, 2.24) is 10.2 Å². The highest BCUT2D eigenvalue weighted by atomic mass is 19.1. The molecule has 0 spiro atoms. The number of rotatable bonds is 6. The molecule has 0 saturated carbocycles. The van der Waals surface area contributed by atoms with Gasteiger partial charge in [-0.2, -0.15) is 0 Å². The molecule has 2 aromatic rings. The zero-order valence-electron chi connectivity index (χ0n) is 16.1. The predicted octanol–water partition coefficient (Wildman–Crippen LogP) is 3.18. The molecule has 1 fully saturated rings. The van der Waals surface area contributed by atoms with Crippen LogP contribution in [-0.4, -0.2) is 35.8 Å². The highest BCUT2D eigenvalue weighted by molar-refractivity contribution is 6.10. The normalized spacial score (nSPS) is 18.7. The molecule has 4 amide bonds. The summed E-state index contributed by atoms with van der Waals surface area (Å²) in [4.78, 5) is 40.7. The second-order valence-electron chi connectivity index (χ2n) is 6.70. The molecule has 1 atom stereocenters. The molecule has 0 bridgehead atoms. The third-order valence-electron chi connectivity index (χ3n) is 5.09. The molecule has 3 rings (SSSR count). The van der Waals surface area contributed by atoms with E-state index in [1.54, 1.807) is 13.8 Å². The summed E-state index contributed by atoms with van der Waals surface area (Å²) in [5.41, 5.74) is -0.440. The Kier molecular flexibility index (Phi) is 5.63. The predicted molar refractivity (Wildman–Crippen MR) is 103 cm³/mol. The molecule has 2 aromatic carbocycles. The molecule has 1 unspecified atom stereocenters. The average Bonchev–Trinajstić information content (AvgIpc) is 2.95. The summed E-state index contributed by atoms with van der Waals surface area (Å²) >= 11 is 0. The van der Waals surface area contributed by atoms with E-state index in [2.05, 4.69) is 5.32 Å². The molecule has 1 N–H and O–H groups in total. The van der Waals surface area contributed by atoms with Gasteiger partial charge in [0.15, 0.2) is 0 Å². The lowest BCUT2D eigenvalue weighted by Gasteiger charge is -2.26. The minimum absolute atomic E-state index is 0.239. The van der Waals surface area contributed by atoms with Gasteiger partial charge in [-0.1, -0.05) is 19.1 Å². The van der Waals surface area contributed by atoms with E-state index < -0.39 is 41.6 Å². The first-order valence-corrected chi connectivity index (χ1v) is 9.28. The molecule has 1 saturated heterocycles. The largest absolute Gasteiger partial charge is 0.325 e. The number of nitrogens with zero attached hydrogens (tertiary/aromatic N) is 2. The number of amides is 4. The van der Waals surface area contributed by atoms with E-state index in [4.69, 9.17) is 0 Å². The third-order valence-corrected chi connectivity index (χ3v) is 5.09. The summed E-state index contributed by atoms with van der Waals surface area (Å²) in [5.74, 6) is -1.94. The van der Waals surface area contributed by atoms with Crippen LogP contribution in [0.3, 0.4) is 0 Å². The number of nitrogens with one attached hydrogen (secondary N) is 1. The van der Waals surface area contributed by atoms with Gasteiger partial charge in [0.1, 0.15) is 23.7 Å². The smallest absolute Gasteiger partial charge is 0.319 e. The Labute approximate surface area is 167 Å². The number of carbonyl (C=O) groups excluding carboxylic acids is 3. The Morgan fingerprint density at radius 3 is 2.07 bits per heavy atom. The molecule has 1 aliphatic heterocycles. The summed E-state index contributed by atoms with van der Waals surface area (Å²) in [7, 11) is 0. The van der Waals surface area contributed by atoms with Crippen LogP contribution in [0.15, 0.2) is 48.5 Å². The Hall–Kier alpha value is -3.29. The molecule has 152 valence electrons. The molecule has 0 radical (unpaired) electrons. The van der Waals surface area contributed by atoms with Crippen molar-refractivity contribution in [2.75, 3.05) is 18.0 Å². The molecule has 1 aliphatic rings. The molecule has 8 heteroatoms. The van der Waals surface area contributed by atoms with Crippen LogP contribution in [0.5, 0.6) is 0 Å². The lowest BCUT2D eigenvalue weighted by atomic mass is 9.87. The molecule has 29 heavy (non-hydrogen) atoms. The second kappa shape index (κ2) is 7.98. The van der Waals surface area contributed by atoms with Crippen molar-refractivity contribution >= 4 is 23.5 Å². The van der Waals surface area contributed by atoms with Crippen molar-refractivity contribution in [3.8, 4) is 0 Å². The van der Waals surface area contributed by atoms with Gasteiger partial charge in [-0.3, -0.25) is 14.5 Å². The maximum absolute atomic E-state index is 13.3. The van der Waals surface area contributed by atoms with Crippen LogP contribution >= 0.6 is 0 Å². The van der Waals surface area contributed by atoms with E-state index in [0.717, 1.165) is 4.90 Å². The quantitative estimate of drug-likeness (QED) is 0.756. The average molecular weight is 401 g/mol. The Bertz CT molecular complexity index is 931. The SMILES string of the molecule is CCN(C(=O)CN1C(=O)NC(CC)(c2ccc(F)cc2)C1=O)c1ccc(F)cc1. The van der Waals surface area contributed by atoms with Crippen molar-refractivity contribution in [2.45, 2.75) is 25.8 Å². The van der Waals surface area contributed by atoms with Crippen LogP contribution in [0.25, 0.3) is 0 Å². The van der Waals surface area contributed by atoms with Gasteiger partial charge in [-0.15, -0.1) is 0 Å². The van der Waals surface area contributed by atoms with Gasteiger partial charge >= 0.3 is 6.03 Å². The first-order valence-electron chi connectivity index (χ1n) is 9.28. The fourth-order valence-electron chi connectivity index (χ4n) is 3.49. The monoisotopic (exact) mass is 401 g/mol. The van der Waals surface area contributed by atoms with Gasteiger partial charge in [0.2, 0.25) is 5.91 Å². The second-order valence-corrected chi connectivity index (χ2v) is 6.70. The standard InChI is InChI=1S/C21H21F2N3O3/c1-3-21(14-5-7-15(22)8-6-14)19(28)26(20(29)24-21)13-18(27)25(4-2)17-11-9-16(23)10-12-17/h5-12H,3-4,13H2,1-2H3,(H,24,29). The Morgan fingerprint density at radius 2 is 1.55 bits per heavy atom. The van der Waals surface area contributed by atoms with Crippen LogP contribution in [0.1, 0.15) is 25.8 Å². The number of anilines is 1. The summed E-state index contributed by atoms with van der Waals surface area (Å²) < 4.78 is 26.4. The lowest BCUT2D eigenvalue weighted by Crippen LogP contribution is -2.45. The number of benzene rings is 2. The van der Waals surface area contributed by atoms with E-state index in [0.29, 0.717) is 11.3 Å². The molecule has 0 aliphatic carbocycles. The van der Waals surface area contributed by atoms with Gasteiger partial charge in [-0.25, -0.2) is 13.6 Å². The van der Waals surface area contributed by atoms with Gasteiger partial charge < -0.3 is 10.2 Å². The lowest BCUT2D eigenvalue weighted by molar-refractivity contribution is -0.134. The number of imide groups is 1. The maximum Gasteiger partial charge on any atom is 0.325 e. The Balaban J connectivity index is 1.84. The van der Waals surface area contributed by atoms with Crippen LogP contribution < -0.4 is 10.2 Å². The molecular formula is C21H21F2N3O3. The number of hydrogen-bond donors (Lipinski definition) is 1. The van der Waals surface area contributed by atoms with E-state index in [9.17, 15) is 23.2 Å². The Morgan fingerprint density at radius 1 is 1.00 bits per heavy atom. The molecule has 1 heterocycles. The van der Waals surface area contributed by atoms with E-state index >= 15 is 0 Å². The minimum atomic E-state index is -1.35. The summed E-state index contributed by atoms with van der Waals surface area (Å²) in [6.45, 7) is 3.29. The van der Waals surface area contributed by atoms with Crippen molar-refractivity contribution in [3.05, 3.63) is 65.7 Å². The van der Waals surface area contributed by atoms with Crippen LogP contribution in [0.2, 0.25) is 0 Å². The highest BCUT2D eigenvalue weighted by Crippen LogP contribution is 2.32. The number of likely N-dealkylation sites (N-methyl/N-ethyl adjacent to an activating group) is 1. The van der Waals surface area contributed by atoms with Gasteiger partial charge in [0, 0.05) is 12.2 Å². The minimum Gasteiger partial charge on any atom is -0.319 e. The zero-order valence-corrected chi connectivity index (χ0v) is 16.1. The van der Waals surface area contributed by atoms with Crippen molar-refractivity contribution < 1.29 is 23.2 Å². The number of urea groups is 1. The number of hydrogen-bond acceptors (Lipinski definition) is 3. The van der Waals surface area contributed by atoms with Gasteiger partial charge in [0.05, 0.1) is 0 Å². The molecule has 0 aromatic heterocycles. The third kappa shape index (κ3) is 3.70. The fraction of sp³-hybridized carbons (Fsp3) is 0.286. The molecule has 6 nitrogen and oxygen atoms in total. The fourth-order valence-corrected chi connectivity index (χ4v) is 3.49. The van der Waals surface area contributed by atoms with Crippen molar-refractivity contribution in [2.24, 2.45) is 0 Å². The first-order chi connectivity index (χ1) is 13.8. The summed E-state index contributed by atoms with van der Waals surface area (Å²) in [6.07, 6.45) is 0.239. The van der Waals surface area contributed by atoms with Crippen molar-refractivity contribution in [3.63, 3.8) is 0 Å². The van der Waals surface area contributed by atoms with E-state index in [1.807, 2.05) is 0 Å². The van der Waals surface area contributed by atoms with Gasteiger partial charge in [0.25, 0.3) is 5.91 Å². The number of carbonyl (C=O) groups is 3. The summed E-state index contributed by atoms with van der Waals surface area (Å²) in [5, 5.41) is 2.66. The van der Waals surface area contributed by atoms with Gasteiger partial charge in [-0.05, 0) is 55.3 Å². The first kappa shape index (κ1) is 20.4. The summed E-state index contributed by atoms with van der Waals surface area (Å²) in [6, 6.07) is 10.0. The van der Waals surface area contributed by atoms with Crippen LogP contribution in [0, 0.1) is 11.6 Å². The van der Waals surface area contributed by atoms with E-state index in [1.165, 1.54) is 53.4 Å². The van der Waals surface area contributed by atoms with E-state index in [-0.39, 0.29) is 13.0 Å². The molecular weight excluding hydrogens is 380 g/mol. The number of halogens is 2. The topological polar surface area (TPSA) is 69.7 Å². The highest BCUT2D eigenvalue weighted by Gasteiger charge is 2.51.